The molecular weight excluding hydrogens is 953 g/mol. The highest BCUT2D eigenvalue weighted by molar-refractivity contribution is 7.31. The normalized spacial score (nSPS) is 12.2. The molecule has 310 valence electrons. The average molecular weight is 983 g/mol. The van der Waals surface area contributed by atoms with Crippen molar-refractivity contribution in [1.29, 1.82) is 0 Å². The summed E-state index contributed by atoms with van der Waals surface area (Å²) >= 11 is 15.2. The highest BCUT2D eigenvalue weighted by Gasteiger charge is 2.17. The van der Waals surface area contributed by atoms with E-state index < -0.39 is 0 Å². The fourth-order valence-corrected chi connectivity index (χ4v) is 18.9. The molecule has 0 aliphatic carbocycles. The van der Waals surface area contributed by atoms with Crippen LogP contribution in [0.3, 0.4) is 0 Å². The second-order valence-corrected chi connectivity index (χ2v) is 25.0. The van der Waals surface area contributed by atoms with Crippen LogP contribution in [0.15, 0.2) is 181 Å². The molecular formula is C58H30S8. The Morgan fingerprint density at radius 3 is 0.682 bits per heavy atom. The summed E-state index contributed by atoms with van der Waals surface area (Å²) in [5.41, 5.74) is 7.67. The van der Waals surface area contributed by atoms with Gasteiger partial charge in [-0.25, -0.2) is 0 Å². The van der Waals surface area contributed by atoms with Crippen molar-refractivity contribution in [2.24, 2.45) is 0 Å². The Balaban J connectivity index is 0.738. The van der Waals surface area contributed by atoms with Crippen molar-refractivity contribution in [2.75, 3.05) is 0 Å². The molecule has 8 heterocycles. The van der Waals surface area contributed by atoms with Gasteiger partial charge in [-0.1, -0.05) is 103 Å². The van der Waals surface area contributed by atoms with Crippen LogP contribution in [-0.4, -0.2) is 0 Å². The number of benzene rings is 7. The molecule has 8 heteroatoms. The van der Waals surface area contributed by atoms with Gasteiger partial charge in [0.25, 0.3) is 0 Å². The summed E-state index contributed by atoms with van der Waals surface area (Å²) in [6.07, 6.45) is 0. The molecule has 0 bridgehead atoms. The van der Waals surface area contributed by atoms with Gasteiger partial charge in [-0.3, -0.25) is 0 Å². The molecule has 0 spiro atoms. The van der Waals surface area contributed by atoms with Gasteiger partial charge in [0.15, 0.2) is 0 Å². The maximum atomic E-state index is 2.40. The Kier molecular flexibility index (Phi) is 8.63. The lowest BCUT2D eigenvalue weighted by molar-refractivity contribution is 1.69. The maximum absolute atomic E-state index is 2.40. The molecule has 8 aromatic heterocycles. The van der Waals surface area contributed by atoms with Crippen molar-refractivity contribution in [3.63, 3.8) is 0 Å². The van der Waals surface area contributed by atoms with Crippen molar-refractivity contribution >= 4 is 171 Å². The van der Waals surface area contributed by atoms with Crippen LogP contribution in [0.5, 0.6) is 0 Å². The van der Waals surface area contributed by atoms with E-state index in [-0.39, 0.29) is 0 Å². The number of hydrogen-bond acceptors (Lipinski definition) is 8. The molecule has 0 nitrogen and oxygen atoms in total. The number of fused-ring (bicyclic) bond motifs is 12. The minimum atomic E-state index is 1.27. The first-order valence-corrected chi connectivity index (χ1v) is 28.3. The zero-order valence-corrected chi connectivity index (χ0v) is 41.1. The van der Waals surface area contributed by atoms with Gasteiger partial charge >= 0.3 is 0 Å². The van der Waals surface area contributed by atoms with E-state index in [9.17, 15) is 0 Å². The summed E-state index contributed by atoms with van der Waals surface area (Å²) in [6.45, 7) is 0. The average Bonchev–Trinajstić information content (AvgIpc) is 4.20. The first kappa shape index (κ1) is 38.3. The van der Waals surface area contributed by atoms with Crippen molar-refractivity contribution in [1.82, 2.24) is 0 Å². The van der Waals surface area contributed by atoms with E-state index in [0.29, 0.717) is 0 Å². The molecule has 0 unspecified atom stereocenters. The van der Waals surface area contributed by atoms with Gasteiger partial charge in [0.2, 0.25) is 0 Å². The van der Waals surface area contributed by atoms with Gasteiger partial charge in [0.05, 0.1) is 37.6 Å². The summed E-state index contributed by atoms with van der Waals surface area (Å²) in [5, 5.41) is 15.0. The van der Waals surface area contributed by atoms with Crippen LogP contribution < -0.4 is 0 Å². The zero-order chi connectivity index (χ0) is 43.0. The largest absolute Gasteiger partial charge is 0.142 e. The van der Waals surface area contributed by atoms with E-state index in [1.54, 1.807) is 0 Å². The number of rotatable bonds is 6. The van der Waals surface area contributed by atoms with Crippen LogP contribution >= 0.6 is 90.7 Å². The highest BCUT2D eigenvalue weighted by atomic mass is 32.1. The molecule has 15 rings (SSSR count). The van der Waals surface area contributed by atoms with Gasteiger partial charge < -0.3 is 0 Å². The van der Waals surface area contributed by atoms with Crippen molar-refractivity contribution in [3.05, 3.63) is 181 Å². The van der Waals surface area contributed by atoms with E-state index in [0.717, 1.165) is 0 Å². The maximum Gasteiger partial charge on any atom is 0.0527 e. The molecule has 0 fully saturated rings. The standard InChI is InChI=1S/C58H30S8/c1-4-33(45-25-39-12-10-31-18-20-59-51(31)53(39)61-45)22-35(6-1)47-27-41-14-16-43-29-49(65-57(43)55(41)63-47)37-8-3-9-38(24-37)50-30-44-17-15-42-28-48(64-56(42)58(44)66-50)36-7-2-5-34(23-36)46-26-40-13-11-32-19-21-60-52(32)54(40)62-46/h1-30H. The van der Waals surface area contributed by atoms with Crippen LogP contribution in [-0.2, 0) is 0 Å². The second-order valence-electron chi connectivity index (χ2n) is 16.9. The Bertz CT molecular complexity index is 4150. The molecule has 0 atom stereocenters. The van der Waals surface area contributed by atoms with Gasteiger partial charge in [-0.15, -0.1) is 90.7 Å². The van der Waals surface area contributed by atoms with E-state index in [4.69, 9.17) is 0 Å². The van der Waals surface area contributed by atoms with Crippen molar-refractivity contribution in [3.8, 4) is 62.6 Å². The Morgan fingerprint density at radius 1 is 0.197 bits per heavy atom. The fourth-order valence-electron chi connectivity index (χ4n) is 9.56. The lowest BCUT2D eigenvalue weighted by atomic mass is 10.1. The van der Waals surface area contributed by atoms with Gasteiger partial charge in [0.1, 0.15) is 0 Å². The SMILES string of the molecule is c1cc(-c2cc3ccc4ccsc4c3s2)cc(-c2cc3ccc4cc(-c5cccc(-c6cc7ccc8cc(-c9cccc(-c%10cc%11ccc%12ccsc%12c%11s%10)c9)sc8c7s6)c5)sc4c3s2)c1. The fraction of sp³-hybridized carbons (Fsp3) is 0. The smallest absolute Gasteiger partial charge is 0.0527 e. The number of thiophene rings is 8. The molecule has 0 aliphatic rings. The molecule has 0 aliphatic heterocycles. The van der Waals surface area contributed by atoms with Gasteiger partial charge in [-0.2, -0.15) is 0 Å². The molecule has 0 saturated carbocycles. The van der Waals surface area contributed by atoms with E-state index in [1.807, 2.05) is 90.7 Å². The van der Waals surface area contributed by atoms with E-state index >= 15 is 0 Å². The minimum Gasteiger partial charge on any atom is -0.142 e. The first-order valence-electron chi connectivity index (χ1n) is 21.6. The predicted molar refractivity (Wildman–Crippen MR) is 302 cm³/mol. The van der Waals surface area contributed by atoms with Crippen LogP contribution in [0, 0.1) is 0 Å². The van der Waals surface area contributed by atoms with Crippen LogP contribution in [0.1, 0.15) is 0 Å². The minimum absolute atomic E-state index is 1.27. The third-order valence-electron chi connectivity index (χ3n) is 12.8. The molecule has 0 saturated heterocycles. The second kappa shape index (κ2) is 14.9. The van der Waals surface area contributed by atoms with Crippen molar-refractivity contribution in [2.45, 2.75) is 0 Å². The lowest BCUT2D eigenvalue weighted by Gasteiger charge is -2.02. The van der Waals surface area contributed by atoms with Crippen LogP contribution in [0.25, 0.3) is 143 Å². The summed E-state index contributed by atoms with van der Waals surface area (Å²) in [5.74, 6) is 0. The van der Waals surface area contributed by atoms with Crippen LogP contribution in [0.2, 0.25) is 0 Å². The summed E-state index contributed by atoms with van der Waals surface area (Å²) in [6, 6.07) is 64.5. The van der Waals surface area contributed by atoms with Crippen LogP contribution in [0.4, 0.5) is 0 Å². The molecule has 0 amide bonds. The summed E-state index contributed by atoms with van der Waals surface area (Å²) < 4.78 is 11.1. The first-order chi connectivity index (χ1) is 32.6. The van der Waals surface area contributed by atoms with Gasteiger partial charge in [0, 0.05) is 29.3 Å². The Hall–Kier alpha value is -5.78. The Labute approximate surface area is 410 Å². The van der Waals surface area contributed by atoms with E-state index in [1.165, 1.54) is 143 Å². The summed E-state index contributed by atoms with van der Waals surface area (Å²) in [4.78, 5) is 7.90. The zero-order valence-electron chi connectivity index (χ0n) is 34.6. The third kappa shape index (κ3) is 6.14. The molecule has 0 N–H and O–H groups in total. The van der Waals surface area contributed by atoms with Gasteiger partial charge in [-0.05, 0) is 154 Å². The molecule has 7 aromatic carbocycles. The topological polar surface area (TPSA) is 0 Å². The predicted octanol–water partition coefficient (Wildman–Crippen LogP) is 21.4. The highest BCUT2D eigenvalue weighted by Crippen LogP contribution is 2.48. The molecule has 66 heavy (non-hydrogen) atoms. The lowest BCUT2D eigenvalue weighted by Crippen LogP contribution is -1.75. The monoisotopic (exact) mass is 982 g/mol. The summed E-state index contributed by atoms with van der Waals surface area (Å²) in [7, 11) is 0. The number of hydrogen-bond donors (Lipinski definition) is 0. The van der Waals surface area contributed by atoms with E-state index in [2.05, 4.69) is 181 Å². The van der Waals surface area contributed by atoms with Crippen molar-refractivity contribution < 1.29 is 0 Å². The molecule has 0 radical (unpaired) electrons. The quantitative estimate of drug-likeness (QED) is 0.156. The Morgan fingerprint density at radius 2 is 0.424 bits per heavy atom. The third-order valence-corrected chi connectivity index (χ3v) is 22.6. The molecule has 15 aromatic rings.